The van der Waals surface area contributed by atoms with E-state index in [1.165, 1.54) is 30.3 Å². The Morgan fingerprint density at radius 1 is 1.04 bits per heavy atom. The molecular weight excluding hydrogens is 337 g/mol. The maximum Gasteiger partial charge on any atom is 0.508 e. The van der Waals surface area contributed by atoms with Crippen molar-refractivity contribution in [1.82, 2.24) is 0 Å². The zero-order valence-corrected chi connectivity index (χ0v) is 11.9. The second kappa shape index (κ2) is 5.27. The van der Waals surface area contributed by atoms with Gasteiger partial charge in [-0.05, 0) is 30.3 Å². The van der Waals surface area contributed by atoms with Gasteiger partial charge in [0.05, 0.1) is 5.39 Å². The van der Waals surface area contributed by atoms with Crippen LogP contribution in [0.5, 0.6) is 11.5 Å². The molecule has 0 aliphatic heterocycles. The smallest absolute Gasteiger partial charge is 0.508 e. The molecule has 0 saturated carbocycles. The molecule has 0 aliphatic carbocycles. The second-order valence-electron chi connectivity index (χ2n) is 4.54. The predicted octanol–water partition coefficient (Wildman–Crippen LogP) is 3.21. The first-order valence-electron chi connectivity index (χ1n) is 6.12. The van der Waals surface area contributed by atoms with Crippen molar-refractivity contribution in [3.8, 4) is 11.5 Å². The Kier molecular flexibility index (Phi) is 3.52. The summed E-state index contributed by atoms with van der Waals surface area (Å²) in [7, 11) is 0. The van der Waals surface area contributed by atoms with Crippen LogP contribution in [0.3, 0.4) is 0 Å². The van der Waals surface area contributed by atoms with E-state index in [0.717, 1.165) is 6.07 Å². The van der Waals surface area contributed by atoms with Crippen molar-refractivity contribution < 1.29 is 31.1 Å². The minimum atomic E-state index is -5.02. The molecule has 23 heavy (non-hydrogen) atoms. The van der Waals surface area contributed by atoms with E-state index in [1.807, 2.05) is 0 Å². The number of fused-ring (bicyclic) bond motifs is 3. The van der Waals surface area contributed by atoms with E-state index in [-0.39, 0.29) is 22.5 Å². The Bertz CT molecular complexity index is 993. The highest BCUT2D eigenvalue weighted by molar-refractivity contribution is 7.81. The van der Waals surface area contributed by atoms with Gasteiger partial charge >= 0.3 is 22.2 Å². The first-order chi connectivity index (χ1) is 10.8. The van der Waals surface area contributed by atoms with Gasteiger partial charge in [0.15, 0.2) is 0 Å². The quantitative estimate of drug-likeness (QED) is 0.571. The molecule has 0 aliphatic rings. The molecule has 0 fully saturated rings. The number of phenolic OH excluding ortho intramolecular Hbond substituents is 1. The Labute approximate surface area is 128 Å². The van der Waals surface area contributed by atoms with Crippen molar-refractivity contribution in [2.24, 2.45) is 0 Å². The monoisotopic (exact) mass is 344 g/mol. The van der Waals surface area contributed by atoms with Gasteiger partial charge in [-0.2, -0.15) is 13.2 Å². The van der Waals surface area contributed by atoms with Crippen LogP contribution in [0.1, 0.15) is 0 Å². The van der Waals surface area contributed by atoms with Crippen LogP contribution in [0.4, 0.5) is 13.2 Å². The van der Waals surface area contributed by atoms with Crippen LogP contribution in [0, 0.1) is 0 Å². The predicted molar refractivity (Wildman–Crippen MR) is 76.5 cm³/mol. The Balaban J connectivity index is 2.15. The van der Waals surface area contributed by atoms with E-state index < -0.39 is 22.2 Å². The molecule has 1 unspecified atom stereocenters. The van der Waals surface area contributed by atoms with Crippen LogP contribution >= 0.6 is 0 Å². The van der Waals surface area contributed by atoms with Gasteiger partial charge < -0.3 is 13.7 Å². The molecule has 0 spiro atoms. The number of benzene rings is 2. The van der Waals surface area contributed by atoms with E-state index in [9.17, 15) is 27.3 Å². The van der Waals surface area contributed by atoms with Gasteiger partial charge in [0.1, 0.15) is 17.1 Å². The SMILES string of the molecule is O=c1oc2cc(OS(=O)C(F)(F)F)ccc2c2ccc(O)cc12. The van der Waals surface area contributed by atoms with E-state index >= 15 is 0 Å². The molecular formula is C14H7F3O5S. The van der Waals surface area contributed by atoms with Crippen molar-refractivity contribution in [2.45, 2.75) is 5.51 Å². The van der Waals surface area contributed by atoms with Crippen LogP contribution in [-0.2, 0) is 11.1 Å². The van der Waals surface area contributed by atoms with Crippen LogP contribution in [0.2, 0.25) is 0 Å². The van der Waals surface area contributed by atoms with Gasteiger partial charge in [0.2, 0.25) is 0 Å². The van der Waals surface area contributed by atoms with Gasteiger partial charge in [-0.25, -0.2) is 9.00 Å². The maximum absolute atomic E-state index is 12.2. The average molecular weight is 344 g/mol. The summed E-state index contributed by atoms with van der Waals surface area (Å²) in [5.41, 5.74) is -5.81. The van der Waals surface area contributed by atoms with E-state index in [4.69, 9.17) is 4.42 Å². The minimum absolute atomic E-state index is 0.0233. The number of hydrogen-bond acceptors (Lipinski definition) is 5. The fourth-order valence-electron chi connectivity index (χ4n) is 2.09. The second-order valence-corrected chi connectivity index (χ2v) is 5.64. The van der Waals surface area contributed by atoms with Crippen molar-refractivity contribution in [3.05, 3.63) is 46.8 Å². The van der Waals surface area contributed by atoms with Crippen molar-refractivity contribution in [3.63, 3.8) is 0 Å². The Morgan fingerprint density at radius 2 is 1.74 bits per heavy atom. The molecule has 1 heterocycles. The van der Waals surface area contributed by atoms with Gasteiger partial charge in [-0.3, -0.25) is 0 Å². The molecule has 120 valence electrons. The number of halogens is 3. The molecule has 1 N–H and O–H groups in total. The molecule has 0 saturated heterocycles. The fraction of sp³-hybridized carbons (Fsp3) is 0.0714. The largest absolute Gasteiger partial charge is 0.508 e. The topological polar surface area (TPSA) is 76.7 Å². The summed E-state index contributed by atoms with van der Waals surface area (Å²) in [5, 5.41) is 10.4. The van der Waals surface area contributed by atoms with Crippen LogP contribution in [0.15, 0.2) is 45.6 Å². The summed E-state index contributed by atoms with van der Waals surface area (Å²) in [6.45, 7) is 0. The van der Waals surface area contributed by atoms with E-state index in [1.54, 1.807) is 0 Å². The lowest BCUT2D eigenvalue weighted by molar-refractivity contribution is -0.0437. The summed E-state index contributed by atoms with van der Waals surface area (Å²) in [5.74, 6) is -0.473. The molecule has 2 aromatic carbocycles. The molecule has 0 bridgehead atoms. The summed E-state index contributed by atoms with van der Waals surface area (Å²) in [6.07, 6.45) is 0. The molecule has 1 atom stereocenters. The number of phenols is 1. The molecule has 3 aromatic rings. The number of aromatic hydroxyl groups is 1. The summed E-state index contributed by atoms with van der Waals surface area (Å²) in [4.78, 5) is 11.9. The summed E-state index contributed by atoms with van der Waals surface area (Å²) < 4.78 is 57.0. The molecule has 0 radical (unpaired) electrons. The minimum Gasteiger partial charge on any atom is -0.508 e. The highest BCUT2D eigenvalue weighted by Gasteiger charge is 2.40. The van der Waals surface area contributed by atoms with E-state index in [2.05, 4.69) is 4.18 Å². The fourth-order valence-corrected chi connectivity index (χ4v) is 2.46. The average Bonchev–Trinajstić information content (AvgIpc) is 2.46. The lowest BCUT2D eigenvalue weighted by atomic mass is 10.1. The van der Waals surface area contributed by atoms with E-state index in [0.29, 0.717) is 10.8 Å². The van der Waals surface area contributed by atoms with Crippen molar-refractivity contribution in [1.29, 1.82) is 0 Å². The molecule has 1 aromatic heterocycles. The first kappa shape index (κ1) is 15.3. The first-order valence-corrected chi connectivity index (χ1v) is 7.20. The zero-order valence-electron chi connectivity index (χ0n) is 11.1. The lowest BCUT2D eigenvalue weighted by Gasteiger charge is -2.08. The standard InChI is InChI=1S/C14H7F3O5S/c15-14(16,17)23(20)22-8-2-4-10-9-3-1-7(18)5-11(9)13(19)21-12(10)6-8/h1-6,18H. The maximum atomic E-state index is 12.2. The van der Waals surface area contributed by atoms with Crippen LogP contribution in [-0.4, -0.2) is 14.8 Å². The van der Waals surface area contributed by atoms with Gasteiger partial charge in [0, 0.05) is 16.8 Å². The summed E-state index contributed by atoms with van der Waals surface area (Å²) >= 11 is -3.52. The number of hydrogen-bond donors (Lipinski definition) is 1. The van der Waals surface area contributed by atoms with Gasteiger partial charge in [0.25, 0.3) is 0 Å². The number of rotatable bonds is 2. The van der Waals surface area contributed by atoms with Crippen LogP contribution in [0.25, 0.3) is 21.7 Å². The highest BCUT2D eigenvalue weighted by atomic mass is 32.2. The van der Waals surface area contributed by atoms with Crippen molar-refractivity contribution in [2.75, 3.05) is 0 Å². The highest BCUT2D eigenvalue weighted by Crippen LogP contribution is 2.30. The van der Waals surface area contributed by atoms with Gasteiger partial charge in [-0.1, -0.05) is 0 Å². The normalized spacial score (nSPS) is 13.3. The summed E-state index contributed by atoms with van der Waals surface area (Å²) in [6, 6.07) is 7.68. The lowest BCUT2D eigenvalue weighted by Crippen LogP contribution is -2.20. The Morgan fingerprint density at radius 3 is 2.43 bits per heavy atom. The third kappa shape index (κ3) is 2.87. The third-order valence-corrected chi connectivity index (χ3v) is 3.75. The number of alkyl halides is 3. The third-order valence-electron chi connectivity index (χ3n) is 3.03. The van der Waals surface area contributed by atoms with Gasteiger partial charge in [-0.15, -0.1) is 0 Å². The molecule has 3 rings (SSSR count). The molecule has 0 amide bonds. The zero-order chi connectivity index (χ0) is 16.8. The van der Waals surface area contributed by atoms with Crippen molar-refractivity contribution >= 4 is 32.8 Å². The molecule has 5 nitrogen and oxygen atoms in total. The van der Waals surface area contributed by atoms with Crippen LogP contribution < -0.4 is 9.81 Å². The molecule has 9 heteroatoms. The Hall–Kier alpha value is -2.55.